The quantitative estimate of drug-likeness (QED) is 0.0863. The van der Waals surface area contributed by atoms with Gasteiger partial charge in [0.25, 0.3) is 0 Å². The Labute approximate surface area is 634 Å². The lowest BCUT2D eigenvalue weighted by molar-refractivity contribution is 0.00578. The molecule has 0 spiro atoms. The van der Waals surface area contributed by atoms with E-state index in [1.54, 1.807) is 0 Å². The Morgan fingerprint density at radius 3 is 0.722 bits per heavy atom. The van der Waals surface area contributed by atoms with E-state index in [1.165, 1.54) is 264 Å². The average Bonchev–Trinajstić information content (AvgIpc) is 0.698. The second kappa shape index (κ2) is 22.0. The maximum absolute atomic E-state index is 6.74. The van der Waals surface area contributed by atoms with Crippen LogP contribution in [0.25, 0.3) is 176 Å². The zero-order chi connectivity index (χ0) is 74.6. The summed E-state index contributed by atoms with van der Waals surface area (Å²) in [7, 11) is -0.941. The van der Waals surface area contributed by atoms with Gasteiger partial charge in [0.15, 0.2) is 0 Å². The van der Waals surface area contributed by atoms with Crippen LogP contribution in [0.3, 0.4) is 0 Å². The fourth-order valence-electron chi connectivity index (χ4n) is 21.7. The van der Waals surface area contributed by atoms with Crippen LogP contribution in [-0.4, -0.2) is 36.6 Å². The van der Waals surface area contributed by atoms with Crippen LogP contribution in [-0.2, 0) is 31.5 Å². The normalized spacial score (nSPS) is 16.9. The van der Waals surface area contributed by atoms with E-state index in [4.69, 9.17) is 18.6 Å². The molecule has 4 nitrogen and oxygen atoms in total. The van der Waals surface area contributed by atoms with Crippen molar-refractivity contribution in [2.24, 2.45) is 0 Å². The maximum atomic E-state index is 6.74. The lowest BCUT2D eigenvalue weighted by Gasteiger charge is -2.34. The first-order valence-corrected chi connectivity index (χ1v) is 39.3. The molecule has 0 amide bonds. The highest BCUT2D eigenvalue weighted by molar-refractivity contribution is 6.63. The fraction of sp³-hybridized carbons (Fsp3) is 0.255. The van der Waals surface area contributed by atoms with E-state index in [9.17, 15) is 0 Å². The number of benzene rings is 17. The molecule has 2 saturated heterocycles. The first-order valence-electron chi connectivity index (χ1n) is 39.3. The van der Waals surface area contributed by atoms with Gasteiger partial charge < -0.3 is 18.6 Å². The van der Waals surface area contributed by atoms with Gasteiger partial charge in [0, 0.05) is 0 Å². The van der Waals surface area contributed by atoms with E-state index in [-0.39, 0.29) is 0 Å². The largest absolute Gasteiger partial charge is 0.494 e. The van der Waals surface area contributed by atoms with Gasteiger partial charge in [-0.05, 0) is 464 Å². The van der Waals surface area contributed by atoms with Gasteiger partial charge in [0.2, 0.25) is 0 Å². The third-order valence-corrected chi connectivity index (χ3v) is 27.4. The van der Waals surface area contributed by atoms with Gasteiger partial charge in [0.1, 0.15) is 0 Å². The zero-order valence-corrected chi connectivity index (χ0v) is 66.2. The Morgan fingerprint density at radius 1 is 0.241 bits per heavy atom. The van der Waals surface area contributed by atoms with Gasteiger partial charge in [0.05, 0.1) is 22.4 Å². The molecule has 108 heavy (non-hydrogen) atoms. The minimum Gasteiger partial charge on any atom is -0.399 e. The lowest BCUT2D eigenvalue weighted by atomic mass is 9.69. The van der Waals surface area contributed by atoms with Crippen molar-refractivity contribution in [2.45, 2.75) is 174 Å². The summed E-state index contributed by atoms with van der Waals surface area (Å²) in [6.07, 6.45) is 6.78. The lowest BCUT2D eigenvalue weighted by Crippen LogP contribution is -2.41. The minimum absolute atomic E-state index is 0.462. The number of rotatable bonds is 8. The highest BCUT2D eigenvalue weighted by Crippen LogP contribution is 2.63. The third kappa shape index (κ3) is 8.92. The van der Waals surface area contributed by atoms with Crippen LogP contribution < -0.4 is 10.9 Å². The monoisotopic (exact) mass is 1400 g/mol. The fourth-order valence-corrected chi connectivity index (χ4v) is 21.7. The van der Waals surface area contributed by atoms with Crippen molar-refractivity contribution in [1.82, 2.24) is 0 Å². The molecule has 0 atom stereocenters. The van der Waals surface area contributed by atoms with Crippen LogP contribution >= 0.6 is 0 Å². The smallest absolute Gasteiger partial charge is 0.399 e. The van der Waals surface area contributed by atoms with Crippen molar-refractivity contribution in [1.29, 1.82) is 0 Å². The minimum atomic E-state index is -0.471. The number of aryl methyl sites for hydroxylation is 12. The molecule has 0 aromatic heterocycles. The van der Waals surface area contributed by atoms with Crippen molar-refractivity contribution in [3.05, 3.63) is 246 Å². The van der Waals surface area contributed by atoms with Crippen LogP contribution in [0.4, 0.5) is 0 Å². The van der Waals surface area contributed by atoms with Crippen molar-refractivity contribution < 1.29 is 18.6 Å². The summed E-state index contributed by atoms with van der Waals surface area (Å²) in [6, 6.07) is 58.7. The van der Waals surface area contributed by atoms with Gasteiger partial charge in [-0.3, -0.25) is 0 Å². The van der Waals surface area contributed by atoms with Crippen LogP contribution in [0.2, 0.25) is 0 Å². The summed E-state index contributed by atoms with van der Waals surface area (Å²) >= 11 is 0. The predicted octanol–water partition coefficient (Wildman–Crippen LogP) is 25.6. The molecular formula is C102H90B2O4. The summed E-state index contributed by atoms with van der Waals surface area (Å²) in [6.45, 7) is 44.8. The second-order valence-corrected chi connectivity index (χ2v) is 35.8. The molecule has 0 saturated carbocycles. The first kappa shape index (κ1) is 66.3. The van der Waals surface area contributed by atoms with Crippen LogP contribution in [0, 0.1) is 83.1 Å². The molecule has 21 rings (SSSR count). The molecule has 2 aliphatic heterocycles. The molecule has 0 radical (unpaired) electrons. The molecule has 528 valence electrons. The van der Waals surface area contributed by atoms with E-state index < -0.39 is 36.6 Å². The molecule has 2 aliphatic carbocycles. The number of hydrogen-bond donors (Lipinski definition) is 0. The summed E-state index contributed by atoms with van der Waals surface area (Å²) in [5.74, 6) is 0. The van der Waals surface area contributed by atoms with E-state index in [1.807, 2.05) is 0 Å². The third-order valence-electron chi connectivity index (χ3n) is 27.4. The highest BCUT2D eigenvalue weighted by atomic mass is 16.7. The summed E-state index contributed by atoms with van der Waals surface area (Å²) in [5.41, 5.74) is 36.4. The molecule has 2 heterocycles. The maximum Gasteiger partial charge on any atom is 0.494 e. The molecule has 6 heteroatoms. The van der Waals surface area contributed by atoms with E-state index >= 15 is 0 Å². The van der Waals surface area contributed by atoms with Gasteiger partial charge in [-0.1, -0.05) is 119 Å². The summed E-state index contributed by atoms with van der Waals surface area (Å²) < 4.78 is 27.0. The van der Waals surface area contributed by atoms with Crippen LogP contribution in [0.1, 0.15) is 156 Å². The van der Waals surface area contributed by atoms with Crippen LogP contribution in [0.5, 0.6) is 0 Å². The number of hydrogen-bond acceptors (Lipinski definition) is 4. The second-order valence-electron chi connectivity index (χ2n) is 35.8. The van der Waals surface area contributed by atoms with Crippen molar-refractivity contribution in [2.75, 3.05) is 0 Å². The molecule has 4 aliphatic rings. The first-order chi connectivity index (χ1) is 51.4. The Balaban J connectivity index is 0.989. The summed E-state index contributed by atoms with van der Waals surface area (Å²) in [5, 5.41) is 27.2. The van der Waals surface area contributed by atoms with E-state index in [0.717, 1.165) is 23.8 Å². The molecule has 0 bridgehead atoms. The standard InChI is InChI=1S/C102H90B2O4/c1-49-29-53(5)83(54(6)30-49)65-41-75-71-37-63(61-21-25-69(26-22-61)103-105-99(13,14)100(15,16)106-103)38-72-77-43-67(85-57(9)33-51(3)34-58(85)10)47-81-82-48-68(86-59(11)35-52(4)36-60(86)12)44-78-74-40-64(62-23-27-70(28-24-62)104-107-101(17,18)102(19,20)108-104)39-73-76-42-66(84-55(7)31-50(2)32-56(84)8)46-80-79(45-65)89(75)95-93(87(71)72)97(91(77)81)98(92(78)82)94(88(73)74)96(95)90(76)80/h21-37,39,41-48H,38,40H2,1-20H3. The Kier molecular flexibility index (Phi) is 13.5. The van der Waals surface area contributed by atoms with E-state index in [2.05, 4.69) is 296 Å². The van der Waals surface area contributed by atoms with Crippen LogP contribution in [0.15, 0.2) is 146 Å². The SMILES string of the molecule is Cc1cc(C)c(-c2cc3c4c5c(c6cc(-c7c(C)cc(C)cc7C)cc7c8cc(-c9c(C)cc(C)cc9C)cc9c%10c%11c(c%12cc(-c%13c(C)cc(C)cc%13C)cc%13c(c2)c3c2c5c(c67)c(c98)c%11c2c%12%13)C=C(c2ccc(B3OC(C)(C)C(C)(C)O3)cc2)C%10)CC(c2ccc(B3OC(C)(C)C(C)(C)O3)cc2)=C4)c(C)c1. The molecular weight excluding hydrogens is 1310 g/mol. The highest BCUT2D eigenvalue weighted by Gasteiger charge is 2.53. The molecule has 0 N–H and O–H groups in total. The van der Waals surface area contributed by atoms with Crippen molar-refractivity contribution in [3.63, 3.8) is 0 Å². The Bertz CT molecular complexity index is 6410. The van der Waals surface area contributed by atoms with Gasteiger partial charge in [-0.15, -0.1) is 0 Å². The van der Waals surface area contributed by atoms with Gasteiger partial charge in [-0.25, -0.2) is 0 Å². The number of allylic oxidation sites excluding steroid dienone is 2. The zero-order valence-electron chi connectivity index (χ0n) is 66.2. The van der Waals surface area contributed by atoms with Gasteiger partial charge in [-0.2, -0.15) is 0 Å². The average molecular weight is 1400 g/mol. The summed E-state index contributed by atoms with van der Waals surface area (Å²) in [4.78, 5) is 0. The Morgan fingerprint density at radius 2 is 0.463 bits per heavy atom. The molecule has 17 aromatic rings. The molecule has 17 aromatic carbocycles. The van der Waals surface area contributed by atoms with Gasteiger partial charge >= 0.3 is 14.2 Å². The topological polar surface area (TPSA) is 36.9 Å². The molecule has 0 unspecified atom stereocenters. The van der Waals surface area contributed by atoms with Crippen molar-refractivity contribution in [3.8, 4) is 44.5 Å². The van der Waals surface area contributed by atoms with E-state index in [0.29, 0.717) is 0 Å². The number of fused-ring (bicyclic) bond motifs is 6. The van der Waals surface area contributed by atoms with Crippen molar-refractivity contribution >= 4 is 156 Å². The molecule has 2 fully saturated rings. The Hall–Kier alpha value is -9.91. The predicted molar refractivity (Wildman–Crippen MR) is 463 cm³/mol.